The van der Waals surface area contributed by atoms with Gasteiger partial charge in [0.05, 0.1) is 5.60 Å². The lowest BCUT2D eigenvalue weighted by atomic mass is 9.88. The van der Waals surface area contributed by atoms with E-state index in [-0.39, 0.29) is 36.1 Å². The molecule has 0 saturated carbocycles. The zero-order valence-corrected chi connectivity index (χ0v) is 54.0. The lowest BCUT2D eigenvalue weighted by Gasteiger charge is -2.62. The molecule has 0 radical (unpaired) electrons. The molecule has 5 aliphatic rings. The maximum atomic E-state index is 7.34. The summed E-state index contributed by atoms with van der Waals surface area (Å²) in [5.41, 5.74) is 10.0. The van der Waals surface area contributed by atoms with Crippen molar-refractivity contribution < 1.29 is 4.52 Å². The molecule has 70 heavy (non-hydrogen) atoms. The molecule has 0 aromatic heterocycles. The molecule has 12 heteroatoms. The predicted molar refractivity (Wildman–Crippen MR) is 318 cm³/mol. The van der Waals surface area contributed by atoms with E-state index in [2.05, 4.69) is 263 Å². The smallest absolute Gasteiger partial charge is 0.197 e. The summed E-state index contributed by atoms with van der Waals surface area (Å²) in [5.74, 6) is 1.90. The Morgan fingerprint density at radius 2 is 0.786 bits per heavy atom. The number of hydrogen-bond donors (Lipinski definition) is 1. The highest BCUT2D eigenvalue weighted by Crippen LogP contribution is 2.62. The standard InChI is InChI=1S/C26H38ClN2P.C14H31N2OP.C13H28N3P.C5H12/c1-17(2)21-11-9-12-22(18(3)4)25(21)28-15-16-29(30(28)27)26-23(19(5)6)13-10-14-24(26)20(7)8;1-12(2,3)15-10-11-16(13(4,5)6)18(15)17-14(7,8)9;1-11(2,3)15-9-13(7)8-14-17(15)16(10-13)12(4,5)6;1-5(2,3)4/h9-14,17-20H,15-16H2,1-8H3;10-11H2,1-9H3;14H,8-10H2,1-7H3;1-4H3. The lowest BCUT2D eigenvalue weighted by molar-refractivity contribution is 0.0511. The lowest BCUT2D eigenvalue weighted by Crippen LogP contribution is -2.66. The Labute approximate surface area is 443 Å². The molecule has 7 rings (SSSR count). The maximum Gasteiger partial charge on any atom is 0.197 e. The first-order chi connectivity index (χ1) is 31.5. The van der Waals surface area contributed by atoms with Crippen LogP contribution in [0.3, 0.4) is 0 Å². The van der Waals surface area contributed by atoms with Gasteiger partial charge in [-0.05, 0) is 166 Å². The number of anilines is 2. The van der Waals surface area contributed by atoms with Crippen LogP contribution in [0.25, 0.3) is 0 Å². The molecule has 1 N–H and O–H groups in total. The number of nitrogens with zero attached hydrogens (tertiary/aromatic N) is 6. The number of benzene rings is 2. The summed E-state index contributed by atoms with van der Waals surface area (Å²) >= 11 is 7.34. The van der Waals surface area contributed by atoms with E-state index < -0.39 is 16.0 Å². The van der Waals surface area contributed by atoms with Crippen LogP contribution in [0.2, 0.25) is 0 Å². The molecule has 5 fully saturated rings. The first kappa shape index (κ1) is 63.7. The van der Waals surface area contributed by atoms with Gasteiger partial charge >= 0.3 is 0 Å². The van der Waals surface area contributed by atoms with Crippen LogP contribution >= 0.6 is 35.6 Å². The van der Waals surface area contributed by atoms with E-state index in [9.17, 15) is 0 Å². The Hall–Kier alpha value is -0.620. The molecule has 0 spiro atoms. The summed E-state index contributed by atoms with van der Waals surface area (Å²) < 4.78 is 21.8. The molecule has 2 aromatic carbocycles. The molecule has 0 amide bonds. The largest absolute Gasteiger partial charge is 0.325 e. The summed E-state index contributed by atoms with van der Waals surface area (Å²) in [7, 11) is -1.96. The van der Waals surface area contributed by atoms with Crippen molar-refractivity contribution in [2.75, 3.05) is 55.2 Å². The molecule has 8 nitrogen and oxygen atoms in total. The van der Waals surface area contributed by atoms with Gasteiger partial charge in [-0.2, -0.15) is 0 Å². The molecule has 2 bridgehead atoms. The summed E-state index contributed by atoms with van der Waals surface area (Å²) in [6, 6.07) is 13.6. The zero-order valence-electron chi connectivity index (χ0n) is 50.5. The van der Waals surface area contributed by atoms with E-state index in [4.69, 9.17) is 15.8 Å². The molecule has 0 aliphatic carbocycles. The monoisotopic (exact) mass is 1050 g/mol. The highest BCUT2D eigenvalue weighted by molar-refractivity contribution is 7.86. The van der Waals surface area contributed by atoms with Crippen molar-refractivity contribution >= 4 is 47.0 Å². The van der Waals surface area contributed by atoms with Crippen LogP contribution in [0.4, 0.5) is 11.4 Å². The molecule has 5 saturated heterocycles. The van der Waals surface area contributed by atoms with Crippen LogP contribution in [0, 0.1) is 10.8 Å². The van der Waals surface area contributed by atoms with Crippen molar-refractivity contribution in [2.24, 2.45) is 10.8 Å². The first-order valence-electron chi connectivity index (χ1n) is 26.9. The highest BCUT2D eigenvalue weighted by atomic mass is 35.7. The van der Waals surface area contributed by atoms with Gasteiger partial charge in [-0.25, -0.2) is 9.34 Å². The van der Waals surface area contributed by atoms with E-state index >= 15 is 0 Å². The predicted octanol–water partition coefficient (Wildman–Crippen LogP) is 18.3. The number of rotatable bonds is 7. The van der Waals surface area contributed by atoms with E-state index in [1.807, 2.05) is 0 Å². The van der Waals surface area contributed by atoms with Crippen molar-refractivity contribution in [1.29, 1.82) is 0 Å². The normalized spacial score (nSPS) is 22.0. The van der Waals surface area contributed by atoms with Crippen LogP contribution in [-0.4, -0.2) is 92.3 Å². The van der Waals surface area contributed by atoms with Gasteiger partial charge in [0.25, 0.3) is 0 Å². The highest BCUT2D eigenvalue weighted by Gasteiger charge is 2.52. The fraction of sp³-hybridized carbons (Fsp3) is 0.793. The van der Waals surface area contributed by atoms with E-state index in [1.165, 1.54) is 53.3 Å². The van der Waals surface area contributed by atoms with Crippen LogP contribution < -0.4 is 14.4 Å². The van der Waals surface area contributed by atoms with Gasteiger partial charge in [-0.15, -0.1) is 0 Å². The fourth-order valence-corrected chi connectivity index (χ4v) is 17.3. The van der Waals surface area contributed by atoms with E-state index in [0.29, 0.717) is 34.5 Å². The second-order valence-corrected chi connectivity index (χ2v) is 34.5. The Bertz CT molecular complexity index is 1770. The van der Waals surface area contributed by atoms with Crippen LogP contribution in [0.15, 0.2) is 36.4 Å². The summed E-state index contributed by atoms with van der Waals surface area (Å²) in [5, 5.41) is 3.79. The number of para-hydroxylation sites is 2. The minimum Gasteiger partial charge on any atom is -0.325 e. The Morgan fingerprint density at radius 3 is 1.01 bits per heavy atom. The van der Waals surface area contributed by atoms with Gasteiger partial charge < -0.3 is 13.9 Å². The molecule has 404 valence electrons. The second kappa shape index (κ2) is 24.2. The SMILES string of the molecule is CC(C)(C)C.CC(C)(C)OP1N(C(C)(C)C)CCN1C(C)(C)C.CC(C)c1cccc(C(C)C)c1N1CCN(c2c(C(C)C)cccc2C(C)C)P1Cl.CC12CNP(N(C(C)(C)C)C1)N(C(C)(C)C)C2. The summed E-state index contributed by atoms with van der Waals surface area (Å²) in [6.07, 6.45) is 0. The quantitative estimate of drug-likeness (QED) is 0.275. The molecular formula is C58H109ClN7OP3. The third kappa shape index (κ3) is 17.5. The molecule has 2 aromatic rings. The van der Waals surface area contributed by atoms with Crippen molar-refractivity contribution in [1.82, 2.24) is 23.8 Å². The van der Waals surface area contributed by atoms with E-state index in [0.717, 1.165) is 26.2 Å². The molecule has 0 atom stereocenters. The maximum absolute atomic E-state index is 7.34. The van der Waals surface area contributed by atoms with Crippen LogP contribution in [0.1, 0.15) is 240 Å². The molecule has 0 unspecified atom stereocenters. The number of fused-ring (bicyclic) bond motifs is 3. The number of hydrogen-bond acceptors (Lipinski definition) is 8. The average molecular weight is 1050 g/mol. The molecular weight excluding hydrogens is 939 g/mol. The molecule has 5 aliphatic heterocycles. The second-order valence-electron chi connectivity index (χ2n) is 28.6. The van der Waals surface area contributed by atoms with Crippen LogP contribution in [-0.2, 0) is 4.52 Å². The third-order valence-corrected chi connectivity index (χ3v) is 21.3. The van der Waals surface area contributed by atoms with Crippen molar-refractivity contribution in [2.45, 2.75) is 245 Å². The zero-order chi connectivity index (χ0) is 54.1. The van der Waals surface area contributed by atoms with Crippen molar-refractivity contribution in [3.63, 3.8) is 0 Å². The van der Waals surface area contributed by atoms with Gasteiger partial charge in [0.15, 0.2) is 16.0 Å². The Morgan fingerprint density at radius 1 is 0.500 bits per heavy atom. The van der Waals surface area contributed by atoms with Gasteiger partial charge in [0.1, 0.15) is 8.37 Å². The van der Waals surface area contributed by atoms with Gasteiger partial charge in [-0.3, -0.25) is 14.4 Å². The molecule has 5 heterocycles. The van der Waals surface area contributed by atoms with Crippen molar-refractivity contribution in [3.05, 3.63) is 58.7 Å². The summed E-state index contributed by atoms with van der Waals surface area (Å²) in [6.45, 7) is 71.4. The Balaban J connectivity index is 0.000000279. The minimum absolute atomic E-state index is 0.0942. The van der Waals surface area contributed by atoms with Crippen molar-refractivity contribution in [3.8, 4) is 0 Å². The topological polar surface area (TPSA) is 40.7 Å². The van der Waals surface area contributed by atoms with Crippen LogP contribution in [0.5, 0.6) is 0 Å². The number of nitrogens with one attached hydrogen (secondary N) is 1. The fourth-order valence-electron chi connectivity index (χ4n) is 9.14. The summed E-state index contributed by atoms with van der Waals surface area (Å²) in [4.78, 5) is 0. The minimum atomic E-state index is -0.969. The van der Waals surface area contributed by atoms with Gasteiger partial charge in [-0.1, -0.05) is 126 Å². The van der Waals surface area contributed by atoms with Gasteiger partial charge in [0, 0.05) is 84.8 Å². The van der Waals surface area contributed by atoms with Gasteiger partial charge in [0.2, 0.25) is 0 Å². The number of halogens is 1. The average Bonchev–Trinajstić information content (AvgIpc) is 3.78. The van der Waals surface area contributed by atoms with E-state index in [1.54, 1.807) is 0 Å². The third-order valence-electron chi connectivity index (χ3n) is 12.7. The first-order valence-corrected chi connectivity index (χ1v) is 31.5. The Kier molecular flexibility index (Phi) is 22.0.